The van der Waals surface area contributed by atoms with E-state index in [4.69, 9.17) is 14.2 Å². The van der Waals surface area contributed by atoms with Gasteiger partial charge in [0.1, 0.15) is 12.3 Å². The van der Waals surface area contributed by atoms with E-state index in [0.29, 0.717) is 11.5 Å². The molecule has 0 heterocycles. The van der Waals surface area contributed by atoms with Crippen molar-refractivity contribution in [2.45, 2.75) is 4.90 Å². The van der Waals surface area contributed by atoms with Crippen LogP contribution in [0.2, 0.25) is 0 Å². The first-order chi connectivity index (χ1) is 16.8. The summed E-state index contributed by atoms with van der Waals surface area (Å²) in [7, 11) is 0.197. The zero-order chi connectivity index (χ0) is 25.4. The van der Waals surface area contributed by atoms with Crippen LogP contribution in [0.4, 0.5) is 5.69 Å². The minimum Gasteiger partial charge on any atom is -0.497 e. The van der Waals surface area contributed by atoms with Crippen LogP contribution in [0.5, 0.6) is 17.2 Å². The Bertz CT molecular complexity index is 1300. The third-order valence-electron chi connectivity index (χ3n) is 4.86. The maximum atomic E-state index is 13.6. The second-order valence-electron chi connectivity index (χ2n) is 7.07. The molecule has 1 amide bonds. The third-order valence-corrected chi connectivity index (χ3v) is 7.16. The first-order valence-electron chi connectivity index (χ1n) is 10.2. The van der Waals surface area contributed by atoms with Crippen LogP contribution in [0.3, 0.4) is 0 Å². The summed E-state index contributed by atoms with van der Waals surface area (Å²) < 4.78 is 44.7. The maximum absolute atomic E-state index is 13.6. The molecule has 9 nitrogen and oxygen atoms in total. The number of anilines is 1. The van der Waals surface area contributed by atoms with Crippen LogP contribution in [-0.2, 0) is 14.8 Å². The monoisotopic (exact) mass is 561 g/mol. The largest absolute Gasteiger partial charge is 0.497 e. The number of hydrogen-bond donors (Lipinski definition) is 1. The number of methoxy groups -OCH3 is 3. The molecule has 0 aliphatic rings. The van der Waals surface area contributed by atoms with Crippen LogP contribution in [-0.4, -0.2) is 48.4 Å². The molecule has 0 radical (unpaired) electrons. The van der Waals surface area contributed by atoms with Gasteiger partial charge in [-0.15, -0.1) is 0 Å². The Morgan fingerprint density at radius 2 is 1.60 bits per heavy atom. The lowest BCUT2D eigenvalue weighted by Crippen LogP contribution is -2.39. The predicted octanol–water partition coefficient (Wildman–Crippen LogP) is 3.82. The highest BCUT2D eigenvalue weighted by molar-refractivity contribution is 9.10. The number of halogens is 1. The average Bonchev–Trinajstić information content (AvgIpc) is 2.88. The van der Waals surface area contributed by atoms with Crippen molar-refractivity contribution >= 4 is 43.8 Å². The van der Waals surface area contributed by atoms with E-state index in [1.165, 1.54) is 45.7 Å². The van der Waals surface area contributed by atoms with Gasteiger partial charge in [0.25, 0.3) is 15.9 Å². The quantitative estimate of drug-likeness (QED) is 0.298. The Kier molecular flexibility index (Phi) is 8.72. The van der Waals surface area contributed by atoms with E-state index in [1.54, 1.807) is 24.3 Å². The average molecular weight is 562 g/mol. The lowest BCUT2D eigenvalue weighted by Gasteiger charge is -2.24. The topological polar surface area (TPSA) is 107 Å². The molecule has 3 rings (SSSR count). The van der Waals surface area contributed by atoms with Crippen LogP contribution in [0, 0.1) is 0 Å². The molecule has 0 bridgehead atoms. The maximum Gasteiger partial charge on any atom is 0.264 e. The molecular weight excluding hydrogens is 538 g/mol. The molecule has 0 spiro atoms. The van der Waals surface area contributed by atoms with Crippen molar-refractivity contribution in [3.05, 3.63) is 76.8 Å². The Labute approximate surface area is 212 Å². The Morgan fingerprint density at radius 1 is 0.943 bits per heavy atom. The Hall–Kier alpha value is -3.57. The molecule has 11 heteroatoms. The van der Waals surface area contributed by atoms with Gasteiger partial charge in [-0.05, 0) is 54.1 Å². The van der Waals surface area contributed by atoms with Crippen molar-refractivity contribution in [1.82, 2.24) is 5.43 Å². The van der Waals surface area contributed by atoms with Gasteiger partial charge < -0.3 is 14.2 Å². The van der Waals surface area contributed by atoms with Crippen molar-refractivity contribution in [1.29, 1.82) is 0 Å². The van der Waals surface area contributed by atoms with Crippen molar-refractivity contribution in [2.75, 3.05) is 32.2 Å². The highest BCUT2D eigenvalue weighted by Crippen LogP contribution is 2.32. The molecular formula is C24H24BrN3O6S. The van der Waals surface area contributed by atoms with Gasteiger partial charge in [0.15, 0.2) is 11.5 Å². The zero-order valence-electron chi connectivity index (χ0n) is 19.3. The highest BCUT2D eigenvalue weighted by atomic mass is 79.9. The molecule has 0 aliphatic heterocycles. The fraction of sp³-hybridized carbons (Fsp3) is 0.167. The molecule has 0 saturated carbocycles. The summed E-state index contributed by atoms with van der Waals surface area (Å²) in [6.45, 7) is -0.513. The number of carbonyl (C=O) groups excluding carboxylic acids is 1. The summed E-state index contributed by atoms with van der Waals surface area (Å²) in [5.41, 5.74) is 3.41. The molecule has 0 unspecified atom stereocenters. The first kappa shape index (κ1) is 26.0. The Balaban J connectivity index is 1.90. The smallest absolute Gasteiger partial charge is 0.264 e. The number of hydrazone groups is 1. The van der Waals surface area contributed by atoms with Gasteiger partial charge in [-0.1, -0.05) is 28.1 Å². The number of amides is 1. The van der Waals surface area contributed by atoms with E-state index < -0.39 is 22.5 Å². The molecule has 0 aromatic heterocycles. The number of sulfonamides is 1. The van der Waals surface area contributed by atoms with E-state index in [1.807, 2.05) is 24.3 Å². The summed E-state index contributed by atoms with van der Waals surface area (Å²) in [6.07, 6.45) is 1.46. The Morgan fingerprint density at radius 3 is 2.20 bits per heavy atom. The molecule has 1 N–H and O–H groups in total. The summed E-state index contributed by atoms with van der Waals surface area (Å²) in [5.74, 6) is 0.535. The highest BCUT2D eigenvalue weighted by Gasteiger charge is 2.28. The van der Waals surface area contributed by atoms with Crippen LogP contribution in [0.15, 0.2) is 81.2 Å². The van der Waals surface area contributed by atoms with Gasteiger partial charge >= 0.3 is 0 Å². The fourth-order valence-electron chi connectivity index (χ4n) is 3.06. The van der Waals surface area contributed by atoms with Crippen LogP contribution < -0.4 is 23.9 Å². The van der Waals surface area contributed by atoms with Crippen molar-refractivity contribution in [3.63, 3.8) is 0 Å². The number of carbonyl (C=O) groups is 1. The van der Waals surface area contributed by atoms with E-state index in [0.717, 1.165) is 14.3 Å². The van der Waals surface area contributed by atoms with Gasteiger partial charge in [-0.3, -0.25) is 9.10 Å². The molecule has 3 aromatic carbocycles. The van der Waals surface area contributed by atoms with Crippen molar-refractivity contribution in [2.24, 2.45) is 5.10 Å². The number of benzene rings is 3. The predicted molar refractivity (Wildman–Crippen MR) is 137 cm³/mol. The first-order valence-corrected chi connectivity index (χ1v) is 12.5. The molecule has 3 aromatic rings. The second-order valence-corrected chi connectivity index (χ2v) is 9.85. The third kappa shape index (κ3) is 6.52. The normalized spacial score (nSPS) is 11.2. The summed E-state index contributed by atoms with van der Waals surface area (Å²) in [4.78, 5) is 12.6. The zero-order valence-corrected chi connectivity index (χ0v) is 21.7. The number of nitrogens with one attached hydrogen (secondary N) is 1. The van der Waals surface area contributed by atoms with Crippen molar-refractivity contribution < 1.29 is 27.4 Å². The van der Waals surface area contributed by atoms with Crippen molar-refractivity contribution in [3.8, 4) is 17.2 Å². The molecule has 0 fully saturated rings. The summed E-state index contributed by atoms with van der Waals surface area (Å²) >= 11 is 3.35. The lowest BCUT2D eigenvalue weighted by molar-refractivity contribution is -0.119. The van der Waals surface area contributed by atoms with E-state index >= 15 is 0 Å². The standard InChI is InChI=1S/C24H24BrN3O6S/c1-32-20-10-8-19(9-11-20)28(16-24(29)27-26-15-17-4-6-18(25)7-5-17)35(30,31)21-12-13-22(33-2)23(14-21)34-3/h4-15H,16H2,1-3H3,(H,27,29)/b26-15-. The summed E-state index contributed by atoms with van der Waals surface area (Å²) in [5, 5.41) is 3.93. The van der Waals surface area contributed by atoms with Gasteiger partial charge in [0.2, 0.25) is 0 Å². The molecule has 0 atom stereocenters. The van der Waals surface area contributed by atoms with E-state index in [2.05, 4.69) is 26.5 Å². The van der Waals surface area contributed by atoms with Gasteiger partial charge in [0, 0.05) is 10.5 Å². The minimum atomic E-state index is -4.17. The van der Waals surface area contributed by atoms with Crippen LogP contribution in [0.1, 0.15) is 5.56 Å². The SMILES string of the molecule is COc1ccc(N(CC(=O)N/N=C\c2ccc(Br)cc2)S(=O)(=O)c2ccc(OC)c(OC)c2)cc1. The summed E-state index contributed by atoms with van der Waals surface area (Å²) in [6, 6.07) is 17.8. The van der Waals surface area contributed by atoms with E-state index in [9.17, 15) is 13.2 Å². The van der Waals surface area contributed by atoms with Gasteiger partial charge in [-0.2, -0.15) is 5.10 Å². The lowest BCUT2D eigenvalue weighted by atomic mass is 10.2. The number of hydrogen-bond acceptors (Lipinski definition) is 7. The number of ether oxygens (including phenoxy) is 3. The van der Waals surface area contributed by atoms with Gasteiger partial charge in [0.05, 0.1) is 38.1 Å². The number of nitrogens with zero attached hydrogens (tertiary/aromatic N) is 2. The minimum absolute atomic E-state index is 0.0721. The molecule has 184 valence electrons. The van der Waals surface area contributed by atoms with E-state index in [-0.39, 0.29) is 16.3 Å². The molecule has 35 heavy (non-hydrogen) atoms. The number of rotatable bonds is 10. The van der Waals surface area contributed by atoms with Crippen LogP contribution in [0.25, 0.3) is 0 Å². The molecule has 0 aliphatic carbocycles. The second kappa shape index (κ2) is 11.7. The van der Waals surface area contributed by atoms with Crippen LogP contribution >= 0.6 is 15.9 Å². The molecule has 0 saturated heterocycles. The van der Waals surface area contributed by atoms with Gasteiger partial charge in [-0.25, -0.2) is 13.8 Å². The fourth-order valence-corrected chi connectivity index (χ4v) is 4.76.